The number of benzene rings is 1. The number of hydrogen-bond donors (Lipinski definition) is 2. The van der Waals surface area contributed by atoms with Crippen LogP contribution in [0.1, 0.15) is 10.6 Å². The predicted octanol–water partition coefficient (Wildman–Crippen LogP) is 1.98. The number of phenols is 1. The quantitative estimate of drug-likeness (QED) is 0.887. The van der Waals surface area contributed by atoms with Gasteiger partial charge in [-0.25, -0.2) is 4.79 Å². The highest BCUT2D eigenvalue weighted by atomic mass is 16.3. The Morgan fingerprint density at radius 2 is 1.78 bits per heavy atom. The van der Waals surface area contributed by atoms with Gasteiger partial charge in [0, 0.05) is 37.9 Å². The Morgan fingerprint density at radius 1 is 1.04 bits per heavy atom. The molecule has 3 amide bonds. The molecule has 0 saturated carbocycles. The lowest BCUT2D eigenvalue weighted by molar-refractivity contribution is 0.0640. The number of hydrogen-bond acceptors (Lipinski definition) is 4. The summed E-state index contributed by atoms with van der Waals surface area (Å²) in [6.45, 7) is 1.79. The van der Waals surface area contributed by atoms with E-state index in [1.54, 1.807) is 34.1 Å². The maximum atomic E-state index is 12.2. The average Bonchev–Trinajstić information content (AvgIpc) is 3.09. The number of nitrogens with zero attached hydrogens (tertiary/aromatic N) is 2. The third kappa shape index (κ3) is 3.45. The summed E-state index contributed by atoms with van der Waals surface area (Å²) in [6.07, 6.45) is 1.46. The summed E-state index contributed by atoms with van der Waals surface area (Å²) in [5, 5.41) is 12.1. The molecular weight excluding hydrogens is 298 g/mol. The maximum Gasteiger partial charge on any atom is 0.321 e. The summed E-state index contributed by atoms with van der Waals surface area (Å²) >= 11 is 0. The molecule has 23 heavy (non-hydrogen) atoms. The number of carbonyl (C=O) groups excluding carboxylic acids is 2. The highest BCUT2D eigenvalue weighted by Gasteiger charge is 2.26. The van der Waals surface area contributed by atoms with Gasteiger partial charge in [0.1, 0.15) is 5.75 Å². The van der Waals surface area contributed by atoms with Crippen LogP contribution in [0.2, 0.25) is 0 Å². The Balaban J connectivity index is 1.54. The van der Waals surface area contributed by atoms with Crippen molar-refractivity contribution >= 4 is 17.6 Å². The van der Waals surface area contributed by atoms with Crippen molar-refractivity contribution < 1.29 is 19.1 Å². The summed E-state index contributed by atoms with van der Waals surface area (Å²) < 4.78 is 5.11. The summed E-state index contributed by atoms with van der Waals surface area (Å²) in [5.74, 6) is 0.238. The first kappa shape index (κ1) is 15.0. The molecule has 7 nitrogen and oxygen atoms in total. The van der Waals surface area contributed by atoms with Crippen molar-refractivity contribution in [3.8, 4) is 5.75 Å². The van der Waals surface area contributed by atoms with E-state index in [9.17, 15) is 14.7 Å². The molecule has 0 spiro atoms. The molecule has 0 aliphatic carbocycles. The lowest BCUT2D eigenvalue weighted by Crippen LogP contribution is -2.51. The minimum atomic E-state index is -0.249. The van der Waals surface area contributed by atoms with Crippen molar-refractivity contribution in [2.75, 3.05) is 31.5 Å². The third-order valence-electron chi connectivity index (χ3n) is 3.68. The number of nitrogens with one attached hydrogen (secondary N) is 1. The van der Waals surface area contributed by atoms with Gasteiger partial charge in [-0.05, 0) is 24.3 Å². The second-order valence-corrected chi connectivity index (χ2v) is 5.24. The van der Waals surface area contributed by atoms with Gasteiger partial charge < -0.3 is 24.6 Å². The van der Waals surface area contributed by atoms with Crippen LogP contribution in [0.15, 0.2) is 47.1 Å². The fourth-order valence-electron chi connectivity index (χ4n) is 2.45. The molecule has 1 saturated heterocycles. The molecule has 2 heterocycles. The number of carbonyl (C=O) groups is 2. The summed E-state index contributed by atoms with van der Waals surface area (Å²) in [5.41, 5.74) is 0.532. The van der Waals surface area contributed by atoms with Gasteiger partial charge in [-0.2, -0.15) is 0 Å². The molecule has 2 aromatic rings. The number of furan rings is 1. The van der Waals surface area contributed by atoms with Gasteiger partial charge >= 0.3 is 6.03 Å². The number of aromatic hydroxyl groups is 1. The molecule has 0 unspecified atom stereocenters. The Labute approximate surface area is 133 Å². The van der Waals surface area contributed by atoms with E-state index in [4.69, 9.17) is 4.42 Å². The van der Waals surface area contributed by atoms with E-state index in [1.165, 1.54) is 18.4 Å². The fraction of sp³-hybridized carbons (Fsp3) is 0.250. The minimum Gasteiger partial charge on any atom is -0.508 e. The molecule has 120 valence electrons. The van der Waals surface area contributed by atoms with E-state index in [0.717, 1.165) is 0 Å². The van der Waals surface area contributed by atoms with Crippen LogP contribution in [0, 0.1) is 0 Å². The molecule has 1 aliphatic heterocycles. The second kappa shape index (κ2) is 6.43. The molecule has 7 heteroatoms. The van der Waals surface area contributed by atoms with E-state index < -0.39 is 0 Å². The second-order valence-electron chi connectivity index (χ2n) is 5.24. The smallest absolute Gasteiger partial charge is 0.321 e. The van der Waals surface area contributed by atoms with Crippen molar-refractivity contribution in [1.82, 2.24) is 9.80 Å². The number of piperazine rings is 1. The number of phenolic OH excluding ortho intramolecular Hbond substituents is 1. The standard InChI is InChI=1S/C16H17N3O4/c20-13-4-1-3-12(11-13)17-16(22)19-8-6-18(7-9-19)15(21)14-5-2-10-23-14/h1-5,10-11,20H,6-9H2,(H,17,22). The Hall–Kier alpha value is -2.96. The SMILES string of the molecule is O=C(Nc1cccc(O)c1)N1CCN(C(=O)c2ccco2)CC1. The zero-order chi connectivity index (χ0) is 16.2. The zero-order valence-electron chi connectivity index (χ0n) is 12.4. The van der Waals surface area contributed by atoms with E-state index in [-0.39, 0.29) is 17.7 Å². The van der Waals surface area contributed by atoms with Gasteiger partial charge in [0.05, 0.1) is 6.26 Å². The molecule has 0 radical (unpaired) electrons. The molecule has 1 aromatic heterocycles. The van der Waals surface area contributed by atoms with Crippen LogP contribution in [-0.4, -0.2) is 53.0 Å². The number of anilines is 1. The van der Waals surface area contributed by atoms with Gasteiger partial charge in [-0.1, -0.05) is 6.07 Å². The molecule has 1 aromatic carbocycles. The van der Waals surface area contributed by atoms with Gasteiger partial charge in [0.2, 0.25) is 0 Å². The lowest BCUT2D eigenvalue weighted by atomic mass is 10.3. The van der Waals surface area contributed by atoms with E-state index in [1.807, 2.05) is 0 Å². The molecule has 2 N–H and O–H groups in total. The summed E-state index contributed by atoms with van der Waals surface area (Å²) in [6, 6.07) is 9.43. The third-order valence-corrected chi connectivity index (χ3v) is 3.68. The topological polar surface area (TPSA) is 86.0 Å². The van der Waals surface area contributed by atoms with Crippen molar-refractivity contribution in [2.24, 2.45) is 0 Å². The first-order valence-electron chi connectivity index (χ1n) is 7.31. The highest BCUT2D eigenvalue weighted by Crippen LogP contribution is 2.16. The molecule has 0 atom stereocenters. The lowest BCUT2D eigenvalue weighted by Gasteiger charge is -2.34. The number of urea groups is 1. The largest absolute Gasteiger partial charge is 0.508 e. The normalized spacial score (nSPS) is 14.6. The van der Waals surface area contributed by atoms with Crippen LogP contribution in [0.3, 0.4) is 0 Å². The van der Waals surface area contributed by atoms with Crippen LogP contribution in [0.5, 0.6) is 5.75 Å². The van der Waals surface area contributed by atoms with Gasteiger partial charge in [0.15, 0.2) is 5.76 Å². The van der Waals surface area contributed by atoms with E-state index in [2.05, 4.69) is 5.32 Å². The molecule has 1 aliphatic rings. The van der Waals surface area contributed by atoms with Crippen LogP contribution >= 0.6 is 0 Å². The van der Waals surface area contributed by atoms with Gasteiger partial charge in [0.25, 0.3) is 5.91 Å². The first-order chi connectivity index (χ1) is 11.1. The molecule has 1 fully saturated rings. The van der Waals surface area contributed by atoms with E-state index >= 15 is 0 Å². The Bertz CT molecular complexity index is 691. The van der Waals surface area contributed by atoms with Crippen molar-refractivity contribution in [3.05, 3.63) is 48.4 Å². The predicted molar refractivity (Wildman–Crippen MR) is 83.3 cm³/mol. The van der Waals surface area contributed by atoms with Crippen molar-refractivity contribution in [3.63, 3.8) is 0 Å². The average molecular weight is 315 g/mol. The first-order valence-corrected chi connectivity index (χ1v) is 7.31. The maximum absolute atomic E-state index is 12.2. The van der Waals surface area contributed by atoms with E-state index in [0.29, 0.717) is 37.6 Å². The van der Waals surface area contributed by atoms with Gasteiger partial charge in [-0.3, -0.25) is 4.79 Å². The molecule has 3 rings (SSSR count). The monoisotopic (exact) mass is 315 g/mol. The molecular formula is C16H17N3O4. The van der Waals surface area contributed by atoms with Crippen LogP contribution < -0.4 is 5.32 Å². The Kier molecular flexibility index (Phi) is 4.18. The van der Waals surface area contributed by atoms with Crippen molar-refractivity contribution in [1.29, 1.82) is 0 Å². The molecule has 0 bridgehead atoms. The van der Waals surface area contributed by atoms with Crippen LogP contribution in [0.4, 0.5) is 10.5 Å². The fourth-order valence-corrected chi connectivity index (χ4v) is 2.45. The summed E-state index contributed by atoms with van der Waals surface area (Å²) in [4.78, 5) is 27.6. The van der Waals surface area contributed by atoms with Gasteiger partial charge in [-0.15, -0.1) is 0 Å². The number of rotatable bonds is 2. The minimum absolute atomic E-state index is 0.0941. The van der Waals surface area contributed by atoms with Crippen LogP contribution in [0.25, 0.3) is 0 Å². The Morgan fingerprint density at radius 3 is 2.43 bits per heavy atom. The highest BCUT2D eigenvalue weighted by molar-refractivity contribution is 5.92. The zero-order valence-corrected chi connectivity index (χ0v) is 12.4. The summed E-state index contributed by atoms with van der Waals surface area (Å²) in [7, 11) is 0. The number of amides is 3. The van der Waals surface area contributed by atoms with Crippen LogP contribution in [-0.2, 0) is 0 Å². The van der Waals surface area contributed by atoms with Crippen molar-refractivity contribution in [2.45, 2.75) is 0 Å².